The maximum Gasteiger partial charge on any atom is 0.262 e. The highest BCUT2D eigenvalue weighted by Gasteiger charge is 2.23. The van der Waals surface area contributed by atoms with E-state index in [2.05, 4.69) is 11.9 Å². The van der Waals surface area contributed by atoms with Crippen LogP contribution < -0.4 is 5.56 Å². The van der Waals surface area contributed by atoms with Gasteiger partial charge in [0, 0.05) is 10.4 Å². The standard InChI is InChI=1S/C25H22N2O2S/c1-16-7-12-20-22(13-16)30-24-23(20)25(29)27(15-26-24)14-21(28)19-10-8-18(9-11-19)17-5-3-2-4-6-17/h2-6,8-11,15-16H,7,12-14H2,1H3/t16-/m0/s1. The van der Waals surface area contributed by atoms with E-state index in [-0.39, 0.29) is 17.9 Å². The van der Waals surface area contributed by atoms with Crippen molar-refractivity contribution in [1.82, 2.24) is 9.55 Å². The summed E-state index contributed by atoms with van der Waals surface area (Å²) in [7, 11) is 0. The number of aromatic nitrogens is 2. The number of Topliss-reactive ketones (excluding diaryl/α,β-unsaturated/α-hetero) is 1. The van der Waals surface area contributed by atoms with Gasteiger partial charge in [0.05, 0.1) is 18.3 Å². The Balaban J connectivity index is 1.42. The molecule has 0 saturated carbocycles. The third-order valence-corrected chi connectivity index (χ3v) is 7.07. The number of benzene rings is 2. The summed E-state index contributed by atoms with van der Waals surface area (Å²) in [6.07, 6.45) is 4.56. The van der Waals surface area contributed by atoms with Crippen LogP contribution in [0.1, 0.15) is 34.1 Å². The third kappa shape index (κ3) is 3.39. The maximum atomic E-state index is 13.1. The molecule has 1 atom stereocenters. The van der Waals surface area contributed by atoms with Gasteiger partial charge in [0.2, 0.25) is 0 Å². The number of fused-ring (bicyclic) bond motifs is 3. The van der Waals surface area contributed by atoms with Crippen LogP contribution in [0.2, 0.25) is 0 Å². The third-order valence-electron chi connectivity index (χ3n) is 5.91. The molecule has 0 aliphatic heterocycles. The van der Waals surface area contributed by atoms with Crippen LogP contribution in [0, 0.1) is 5.92 Å². The number of ketones is 1. The second kappa shape index (κ2) is 7.65. The lowest BCUT2D eigenvalue weighted by Gasteiger charge is -2.17. The molecule has 5 heteroatoms. The van der Waals surface area contributed by atoms with Crippen LogP contribution in [0.5, 0.6) is 0 Å². The van der Waals surface area contributed by atoms with E-state index in [9.17, 15) is 9.59 Å². The van der Waals surface area contributed by atoms with Crippen LogP contribution in [-0.2, 0) is 19.4 Å². The molecular weight excluding hydrogens is 392 g/mol. The molecule has 2 heterocycles. The van der Waals surface area contributed by atoms with E-state index in [0.29, 0.717) is 11.5 Å². The van der Waals surface area contributed by atoms with Crippen molar-refractivity contribution in [3.05, 3.63) is 87.3 Å². The van der Waals surface area contributed by atoms with Gasteiger partial charge in [-0.25, -0.2) is 4.98 Å². The molecule has 150 valence electrons. The average molecular weight is 415 g/mol. The van der Waals surface area contributed by atoms with E-state index in [1.165, 1.54) is 15.8 Å². The van der Waals surface area contributed by atoms with Gasteiger partial charge >= 0.3 is 0 Å². The first-order valence-electron chi connectivity index (χ1n) is 10.3. The summed E-state index contributed by atoms with van der Waals surface area (Å²) in [6, 6.07) is 17.6. The molecule has 2 aromatic carbocycles. The summed E-state index contributed by atoms with van der Waals surface area (Å²) in [5, 5.41) is 0.719. The number of hydrogen-bond acceptors (Lipinski definition) is 4. The molecule has 4 aromatic rings. The minimum Gasteiger partial charge on any atom is -0.292 e. The molecule has 30 heavy (non-hydrogen) atoms. The Labute approximate surface area is 178 Å². The Hall–Kier alpha value is -3.05. The summed E-state index contributed by atoms with van der Waals surface area (Å²) in [5.41, 5.74) is 3.83. The molecule has 0 N–H and O–H groups in total. The second-order valence-corrected chi connectivity index (χ2v) is 9.16. The van der Waals surface area contributed by atoms with Gasteiger partial charge in [-0.3, -0.25) is 14.2 Å². The van der Waals surface area contributed by atoms with Crippen molar-refractivity contribution in [2.24, 2.45) is 5.92 Å². The number of hydrogen-bond donors (Lipinski definition) is 0. The van der Waals surface area contributed by atoms with Crippen LogP contribution in [0.15, 0.2) is 65.7 Å². The Bertz CT molecular complexity index is 1290. The monoisotopic (exact) mass is 414 g/mol. The Kier molecular flexibility index (Phi) is 4.83. The van der Waals surface area contributed by atoms with Gasteiger partial charge in [0.15, 0.2) is 5.78 Å². The zero-order valence-electron chi connectivity index (χ0n) is 16.8. The number of carbonyl (C=O) groups excluding carboxylic acids is 1. The van der Waals surface area contributed by atoms with Crippen molar-refractivity contribution in [1.29, 1.82) is 0 Å². The first-order valence-corrected chi connectivity index (χ1v) is 11.1. The molecule has 0 unspecified atom stereocenters. The van der Waals surface area contributed by atoms with Gasteiger partial charge in [0.25, 0.3) is 5.56 Å². The smallest absolute Gasteiger partial charge is 0.262 e. The van der Waals surface area contributed by atoms with Crippen molar-refractivity contribution < 1.29 is 4.79 Å². The largest absolute Gasteiger partial charge is 0.292 e. The summed E-state index contributed by atoms with van der Waals surface area (Å²) in [6.45, 7) is 2.26. The molecule has 1 aliphatic rings. The van der Waals surface area contributed by atoms with Gasteiger partial charge in [0.1, 0.15) is 4.83 Å². The number of rotatable bonds is 4. The minimum absolute atomic E-state index is 0.00742. The molecule has 2 aromatic heterocycles. The van der Waals surface area contributed by atoms with Crippen molar-refractivity contribution in [3.63, 3.8) is 0 Å². The van der Waals surface area contributed by atoms with E-state index < -0.39 is 0 Å². The maximum absolute atomic E-state index is 13.1. The highest BCUT2D eigenvalue weighted by molar-refractivity contribution is 7.18. The fourth-order valence-corrected chi connectivity index (χ4v) is 5.54. The molecule has 0 radical (unpaired) electrons. The lowest BCUT2D eigenvalue weighted by atomic mass is 9.89. The van der Waals surface area contributed by atoms with E-state index in [1.54, 1.807) is 11.3 Å². The lowest BCUT2D eigenvalue weighted by molar-refractivity contribution is 0.0970. The fourth-order valence-electron chi connectivity index (χ4n) is 4.20. The molecule has 0 bridgehead atoms. The summed E-state index contributed by atoms with van der Waals surface area (Å²) in [4.78, 5) is 32.6. The second-order valence-electron chi connectivity index (χ2n) is 8.08. The quantitative estimate of drug-likeness (QED) is 0.435. The minimum atomic E-state index is -0.0960. The molecule has 4 nitrogen and oxygen atoms in total. The zero-order chi connectivity index (χ0) is 20.7. The molecule has 5 rings (SSSR count). The number of nitrogens with zero attached hydrogens (tertiary/aromatic N) is 2. The van der Waals surface area contributed by atoms with Crippen LogP contribution >= 0.6 is 11.3 Å². The molecule has 0 saturated heterocycles. The Morgan fingerprint density at radius 3 is 2.60 bits per heavy atom. The predicted octanol–water partition coefficient (Wildman–Crippen LogP) is 5.13. The van der Waals surface area contributed by atoms with Crippen LogP contribution in [0.25, 0.3) is 21.3 Å². The summed E-state index contributed by atoms with van der Waals surface area (Å²) < 4.78 is 1.46. The zero-order valence-corrected chi connectivity index (χ0v) is 17.6. The molecular formula is C25H22N2O2S. The average Bonchev–Trinajstić information content (AvgIpc) is 3.14. The van der Waals surface area contributed by atoms with E-state index in [0.717, 1.165) is 46.2 Å². The highest BCUT2D eigenvalue weighted by Crippen LogP contribution is 2.35. The van der Waals surface area contributed by atoms with Gasteiger partial charge in [-0.05, 0) is 41.9 Å². The highest BCUT2D eigenvalue weighted by atomic mass is 32.1. The Morgan fingerprint density at radius 1 is 1.10 bits per heavy atom. The van der Waals surface area contributed by atoms with Gasteiger partial charge < -0.3 is 0 Å². The fraction of sp³-hybridized carbons (Fsp3) is 0.240. The molecule has 0 fully saturated rings. The van der Waals surface area contributed by atoms with E-state index in [1.807, 2.05) is 54.6 Å². The van der Waals surface area contributed by atoms with Gasteiger partial charge in [-0.15, -0.1) is 11.3 Å². The van der Waals surface area contributed by atoms with Crippen molar-refractivity contribution >= 4 is 27.3 Å². The predicted molar refractivity (Wildman–Crippen MR) is 121 cm³/mol. The van der Waals surface area contributed by atoms with Gasteiger partial charge in [-0.2, -0.15) is 0 Å². The number of thiophene rings is 1. The van der Waals surface area contributed by atoms with Crippen LogP contribution in [0.4, 0.5) is 0 Å². The summed E-state index contributed by atoms with van der Waals surface area (Å²) in [5.74, 6) is 0.559. The lowest BCUT2D eigenvalue weighted by Crippen LogP contribution is -2.25. The normalized spacial score (nSPS) is 15.8. The van der Waals surface area contributed by atoms with Crippen molar-refractivity contribution in [3.8, 4) is 11.1 Å². The molecule has 0 spiro atoms. The van der Waals surface area contributed by atoms with E-state index in [4.69, 9.17) is 0 Å². The van der Waals surface area contributed by atoms with Crippen LogP contribution in [-0.4, -0.2) is 15.3 Å². The Morgan fingerprint density at radius 2 is 1.83 bits per heavy atom. The summed E-state index contributed by atoms with van der Waals surface area (Å²) >= 11 is 1.63. The van der Waals surface area contributed by atoms with E-state index >= 15 is 0 Å². The first kappa shape index (κ1) is 18.9. The topological polar surface area (TPSA) is 52.0 Å². The van der Waals surface area contributed by atoms with Crippen LogP contribution in [0.3, 0.4) is 0 Å². The SMILES string of the molecule is C[C@H]1CCc2c(sc3ncn(CC(=O)c4ccc(-c5ccccc5)cc4)c(=O)c23)C1. The number of aryl methyl sites for hydroxylation is 1. The van der Waals surface area contributed by atoms with Gasteiger partial charge in [-0.1, -0.05) is 61.5 Å². The van der Waals surface area contributed by atoms with Crippen molar-refractivity contribution in [2.45, 2.75) is 32.7 Å². The molecule has 1 aliphatic carbocycles. The molecule has 0 amide bonds. The number of carbonyl (C=O) groups is 1. The van der Waals surface area contributed by atoms with Crippen molar-refractivity contribution in [2.75, 3.05) is 0 Å². The first-order chi connectivity index (χ1) is 14.6.